The van der Waals surface area contributed by atoms with E-state index in [9.17, 15) is 0 Å². The van der Waals surface area contributed by atoms with E-state index in [1.807, 2.05) is 24.3 Å². The first-order chi connectivity index (χ1) is 10.7. The van der Waals surface area contributed by atoms with Gasteiger partial charge < -0.3 is 4.90 Å². The summed E-state index contributed by atoms with van der Waals surface area (Å²) in [7, 11) is 2.08. The Morgan fingerprint density at radius 3 is 1.36 bits per heavy atom. The minimum atomic E-state index is 1.21. The van der Waals surface area contributed by atoms with Crippen LogP contribution in [-0.4, -0.2) is 7.05 Å². The Hall–Kier alpha value is -2.54. The fraction of sp³-hybridized carbons (Fsp3) is 0.143. The van der Waals surface area contributed by atoms with Gasteiger partial charge in [-0.15, -0.1) is 0 Å². The Kier molecular flexibility index (Phi) is 5.79. The Bertz CT molecular complexity index is 657. The first kappa shape index (κ1) is 15.8. The summed E-state index contributed by atoms with van der Waals surface area (Å²) in [5, 5.41) is 0. The normalized spacial score (nSPS) is 9.59. The number of nitrogens with zero attached hydrogens (tertiary/aromatic N) is 1. The van der Waals surface area contributed by atoms with Crippen LogP contribution in [0.3, 0.4) is 0 Å². The van der Waals surface area contributed by atoms with Gasteiger partial charge in [-0.25, -0.2) is 0 Å². The third-order valence-electron chi connectivity index (χ3n) is 3.51. The van der Waals surface area contributed by atoms with Gasteiger partial charge in [-0.2, -0.15) is 0 Å². The summed E-state index contributed by atoms with van der Waals surface area (Å²) >= 11 is 0. The molecule has 1 nitrogen and oxygen atoms in total. The maximum absolute atomic E-state index is 2.18. The van der Waals surface area contributed by atoms with E-state index >= 15 is 0 Å². The second kappa shape index (κ2) is 8.04. The Balaban J connectivity index is 0.000000211. The molecule has 0 bridgehead atoms. The lowest BCUT2D eigenvalue weighted by Gasteiger charge is -2.19. The summed E-state index contributed by atoms with van der Waals surface area (Å²) in [6.45, 7) is 4.19. The molecule has 22 heavy (non-hydrogen) atoms. The van der Waals surface area contributed by atoms with E-state index in [0.29, 0.717) is 0 Å². The number of anilines is 2. The van der Waals surface area contributed by atoms with E-state index in [4.69, 9.17) is 0 Å². The van der Waals surface area contributed by atoms with Gasteiger partial charge in [-0.1, -0.05) is 71.8 Å². The minimum Gasteiger partial charge on any atom is -0.345 e. The second-order valence-electron chi connectivity index (χ2n) is 5.38. The molecule has 0 saturated heterocycles. The SMILES string of the molecule is Cc1ccc(N(C)c2ccccc2)cc1.Cc1ccccc1. The molecular formula is C21H23N. The summed E-state index contributed by atoms with van der Waals surface area (Å²) in [5.41, 5.74) is 5.04. The van der Waals surface area contributed by atoms with Gasteiger partial charge in [-0.05, 0) is 38.1 Å². The highest BCUT2D eigenvalue weighted by atomic mass is 15.1. The van der Waals surface area contributed by atoms with Crippen molar-refractivity contribution in [1.29, 1.82) is 0 Å². The van der Waals surface area contributed by atoms with Crippen LogP contribution in [0.5, 0.6) is 0 Å². The molecule has 3 aromatic rings. The van der Waals surface area contributed by atoms with Gasteiger partial charge >= 0.3 is 0 Å². The van der Waals surface area contributed by atoms with E-state index < -0.39 is 0 Å². The molecule has 112 valence electrons. The molecule has 0 N–H and O–H groups in total. The standard InChI is InChI=1S/C14H15N.C7H8/c1-12-8-10-14(11-9-12)15(2)13-6-4-3-5-7-13;1-7-5-3-2-4-6-7/h3-11H,1-2H3;2-6H,1H3. The summed E-state index contributed by atoms with van der Waals surface area (Å²) in [5.74, 6) is 0. The first-order valence-electron chi connectivity index (χ1n) is 7.54. The molecule has 0 aliphatic heterocycles. The molecule has 0 heterocycles. The fourth-order valence-electron chi connectivity index (χ4n) is 2.10. The van der Waals surface area contributed by atoms with Gasteiger partial charge in [0.05, 0.1) is 0 Å². The van der Waals surface area contributed by atoms with Crippen molar-refractivity contribution in [2.45, 2.75) is 13.8 Å². The van der Waals surface area contributed by atoms with E-state index in [0.717, 1.165) is 0 Å². The molecule has 0 spiro atoms. The number of benzene rings is 3. The van der Waals surface area contributed by atoms with Gasteiger partial charge in [0.15, 0.2) is 0 Å². The number of para-hydroxylation sites is 1. The van der Waals surface area contributed by atoms with Gasteiger partial charge in [0.1, 0.15) is 0 Å². The van der Waals surface area contributed by atoms with Crippen LogP contribution in [0, 0.1) is 13.8 Å². The number of aryl methyl sites for hydroxylation is 2. The molecule has 0 atom stereocenters. The maximum Gasteiger partial charge on any atom is 0.0408 e. The lowest BCUT2D eigenvalue weighted by atomic mass is 10.2. The highest BCUT2D eigenvalue weighted by Crippen LogP contribution is 2.22. The molecule has 3 rings (SSSR count). The van der Waals surface area contributed by atoms with Crippen LogP contribution in [0.25, 0.3) is 0 Å². The lowest BCUT2D eigenvalue weighted by Crippen LogP contribution is -2.08. The lowest BCUT2D eigenvalue weighted by molar-refractivity contribution is 1.20. The van der Waals surface area contributed by atoms with Crippen LogP contribution in [-0.2, 0) is 0 Å². The zero-order valence-electron chi connectivity index (χ0n) is 13.5. The molecule has 0 saturated carbocycles. The van der Waals surface area contributed by atoms with Crippen molar-refractivity contribution < 1.29 is 0 Å². The van der Waals surface area contributed by atoms with Crippen LogP contribution < -0.4 is 4.90 Å². The van der Waals surface area contributed by atoms with Crippen molar-refractivity contribution in [3.8, 4) is 0 Å². The number of hydrogen-bond donors (Lipinski definition) is 0. The van der Waals surface area contributed by atoms with Crippen molar-refractivity contribution in [3.05, 3.63) is 96.1 Å². The predicted molar refractivity (Wildman–Crippen MR) is 96.9 cm³/mol. The fourth-order valence-corrected chi connectivity index (χ4v) is 2.10. The quantitative estimate of drug-likeness (QED) is 0.580. The smallest absolute Gasteiger partial charge is 0.0408 e. The average molecular weight is 289 g/mol. The highest BCUT2D eigenvalue weighted by molar-refractivity contribution is 5.62. The predicted octanol–water partition coefficient (Wildman–Crippen LogP) is 5.76. The molecular weight excluding hydrogens is 266 g/mol. The monoisotopic (exact) mass is 289 g/mol. The molecule has 1 heteroatoms. The van der Waals surface area contributed by atoms with Crippen molar-refractivity contribution in [2.75, 3.05) is 11.9 Å². The second-order valence-corrected chi connectivity index (χ2v) is 5.38. The molecule has 0 aliphatic rings. The van der Waals surface area contributed by atoms with Crippen molar-refractivity contribution in [1.82, 2.24) is 0 Å². The van der Waals surface area contributed by atoms with Crippen LogP contribution in [0.15, 0.2) is 84.9 Å². The minimum absolute atomic E-state index is 1.21. The largest absolute Gasteiger partial charge is 0.345 e. The van der Waals surface area contributed by atoms with Gasteiger partial charge in [-0.3, -0.25) is 0 Å². The van der Waals surface area contributed by atoms with Crippen LogP contribution in [0.2, 0.25) is 0 Å². The molecule has 0 fully saturated rings. The van der Waals surface area contributed by atoms with E-state index in [1.165, 1.54) is 22.5 Å². The zero-order valence-corrected chi connectivity index (χ0v) is 13.5. The first-order valence-corrected chi connectivity index (χ1v) is 7.54. The molecule has 0 radical (unpaired) electrons. The van der Waals surface area contributed by atoms with Gasteiger partial charge in [0, 0.05) is 18.4 Å². The van der Waals surface area contributed by atoms with Crippen molar-refractivity contribution in [2.24, 2.45) is 0 Å². The molecule has 0 amide bonds. The number of rotatable bonds is 2. The summed E-state index contributed by atoms with van der Waals surface area (Å²) in [6.07, 6.45) is 0. The highest BCUT2D eigenvalue weighted by Gasteiger charge is 2.01. The van der Waals surface area contributed by atoms with Crippen LogP contribution >= 0.6 is 0 Å². The van der Waals surface area contributed by atoms with E-state index in [-0.39, 0.29) is 0 Å². The summed E-state index contributed by atoms with van der Waals surface area (Å²) in [4.78, 5) is 2.18. The van der Waals surface area contributed by atoms with Gasteiger partial charge in [0.25, 0.3) is 0 Å². The summed E-state index contributed by atoms with van der Waals surface area (Å²) in [6, 6.07) is 29.2. The maximum atomic E-state index is 2.18. The van der Waals surface area contributed by atoms with Crippen LogP contribution in [0.1, 0.15) is 11.1 Å². The van der Waals surface area contributed by atoms with E-state index in [2.05, 4.69) is 86.5 Å². The molecule has 0 aromatic heterocycles. The zero-order chi connectivity index (χ0) is 15.8. The Morgan fingerprint density at radius 2 is 0.909 bits per heavy atom. The topological polar surface area (TPSA) is 3.24 Å². The summed E-state index contributed by atoms with van der Waals surface area (Å²) < 4.78 is 0. The molecule has 0 unspecified atom stereocenters. The van der Waals surface area contributed by atoms with Crippen molar-refractivity contribution >= 4 is 11.4 Å². The van der Waals surface area contributed by atoms with Crippen LogP contribution in [0.4, 0.5) is 11.4 Å². The molecule has 3 aromatic carbocycles. The number of hydrogen-bond acceptors (Lipinski definition) is 1. The van der Waals surface area contributed by atoms with Gasteiger partial charge in [0.2, 0.25) is 0 Å². The Labute approximate surface area is 133 Å². The average Bonchev–Trinajstić information content (AvgIpc) is 2.57. The third-order valence-corrected chi connectivity index (χ3v) is 3.51. The van der Waals surface area contributed by atoms with Crippen molar-refractivity contribution in [3.63, 3.8) is 0 Å². The van der Waals surface area contributed by atoms with E-state index in [1.54, 1.807) is 0 Å². The Morgan fingerprint density at radius 1 is 0.500 bits per heavy atom. The molecule has 0 aliphatic carbocycles. The third kappa shape index (κ3) is 4.78.